The van der Waals surface area contributed by atoms with E-state index in [1.807, 2.05) is 13.8 Å². The van der Waals surface area contributed by atoms with Gasteiger partial charge in [0.1, 0.15) is 5.82 Å². The number of aliphatic hydroxyl groups excluding tert-OH is 1. The lowest BCUT2D eigenvalue weighted by Crippen LogP contribution is -2.39. The molecule has 0 atom stereocenters. The molecular formula is C14H21FN2O2. The summed E-state index contributed by atoms with van der Waals surface area (Å²) in [6, 6.07) is 3.88. The average Bonchev–Trinajstić information content (AvgIpc) is 2.43. The van der Waals surface area contributed by atoms with E-state index in [9.17, 15) is 14.3 Å². The number of benzene rings is 1. The largest absolute Gasteiger partial charge is 0.399 e. The number of halogens is 1. The van der Waals surface area contributed by atoms with Crippen molar-refractivity contribution in [2.75, 3.05) is 18.9 Å². The van der Waals surface area contributed by atoms with Crippen molar-refractivity contribution in [3.63, 3.8) is 0 Å². The molecule has 5 heteroatoms. The monoisotopic (exact) mass is 268 g/mol. The zero-order chi connectivity index (χ0) is 14.5. The molecule has 0 heterocycles. The molecule has 0 aromatic heterocycles. The van der Waals surface area contributed by atoms with Crippen LogP contribution in [0.2, 0.25) is 0 Å². The summed E-state index contributed by atoms with van der Waals surface area (Å²) in [6.45, 7) is 4.20. The summed E-state index contributed by atoms with van der Waals surface area (Å²) < 4.78 is 13.5. The van der Waals surface area contributed by atoms with Crippen LogP contribution in [0.3, 0.4) is 0 Å². The molecule has 0 saturated heterocycles. The number of hydrogen-bond donors (Lipinski definition) is 3. The van der Waals surface area contributed by atoms with Crippen LogP contribution >= 0.6 is 0 Å². The van der Waals surface area contributed by atoms with Gasteiger partial charge in [-0.2, -0.15) is 0 Å². The Hall–Kier alpha value is -1.62. The van der Waals surface area contributed by atoms with Crippen molar-refractivity contribution < 1.29 is 14.3 Å². The Morgan fingerprint density at radius 1 is 1.42 bits per heavy atom. The average molecular weight is 268 g/mol. The molecule has 0 aliphatic heterocycles. The van der Waals surface area contributed by atoms with Crippen LogP contribution in [-0.2, 0) is 0 Å². The summed E-state index contributed by atoms with van der Waals surface area (Å²) in [5.41, 5.74) is 5.45. The molecule has 0 aliphatic carbocycles. The van der Waals surface area contributed by atoms with Gasteiger partial charge in [0, 0.05) is 17.6 Å². The van der Waals surface area contributed by atoms with Crippen molar-refractivity contribution in [2.24, 2.45) is 5.41 Å². The van der Waals surface area contributed by atoms with Gasteiger partial charge in [-0.05, 0) is 31.0 Å². The third-order valence-corrected chi connectivity index (χ3v) is 3.69. The van der Waals surface area contributed by atoms with Crippen LogP contribution in [0.25, 0.3) is 0 Å². The smallest absolute Gasteiger partial charge is 0.254 e. The van der Waals surface area contributed by atoms with Gasteiger partial charge < -0.3 is 16.2 Å². The van der Waals surface area contributed by atoms with Crippen LogP contribution in [0.15, 0.2) is 18.2 Å². The van der Waals surface area contributed by atoms with E-state index in [-0.39, 0.29) is 17.6 Å². The molecule has 0 unspecified atom stereocenters. The molecule has 0 fully saturated rings. The molecule has 1 rings (SSSR count). The molecule has 19 heavy (non-hydrogen) atoms. The molecule has 1 aromatic rings. The van der Waals surface area contributed by atoms with Gasteiger partial charge in [0.05, 0.1) is 12.2 Å². The Labute approximate surface area is 112 Å². The minimum absolute atomic E-state index is 0.0142. The summed E-state index contributed by atoms with van der Waals surface area (Å²) in [7, 11) is 0. The number of nitrogens with one attached hydrogen (secondary N) is 1. The molecule has 0 aliphatic rings. The standard InChI is InChI=1S/C14H21FN2O2/c1-3-14(4-2,9-18)8-17-13(19)11-7-10(16)5-6-12(11)15/h5-7,18H,3-4,8-9,16H2,1-2H3,(H,17,19). The Balaban J connectivity index is 2.77. The predicted octanol–water partition coefficient (Wildman–Crippen LogP) is 1.94. The van der Waals surface area contributed by atoms with E-state index in [1.165, 1.54) is 18.2 Å². The third-order valence-electron chi connectivity index (χ3n) is 3.69. The van der Waals surface area contributed by atoms with Crippen molar-refractivity contribution in [1.82, 2.24) is 5.32 Å². The molecule has 1 aromatic carbocycles. The quantitative estimate of drug-likeness (QED) is 0.690. The van der Waals surface area contributed by atoms with Crippen LogP contribution in [0.5, 0.6) is 0 Å². The highest BCUT2D eigenvalue weighted by Gasteiger charge is 2.26. The van der Waals surface area contributed by atoms with Crippen LogP contribution in [0, 0.1) is 11.2 Å². The Morgan fingerprint density at radius 3 is 2.58 bits per heavy atom. The molecule has 0 spiro atoms. The fourth-order valence-corrected chi connectivity index (χ4v) is 1.86. The van der Waals surface area contributed by atoms with Crippen molar-refractivity contribution in [2.45, 2.75) is 26.7 Å². The normalized spacial score (nSPS) is 11.4. The Bertz CT molecular complexity index is 437. The Kier molecular flexibility index (Phi) is 5.30. The van der Waals surface area contributed by atoms with Gasteiger partial charge in [-0.3, -0.25) is 4.79 Å². The van der Waals surface area contributed by atoms with Crippen molar-refractivity contribution in [3.05, 3.63) is 29.6 Å². The fourth-order valence-electron chi connectivity index (χ4n) is 1.86. The maximum atomic E-state index is 13.5. The number of aliphatic hydroxyl groups is 1. The SMILES string of the molecule is CCC(CC)(CO)CNC(=O)c1cc(N)ccc1F. The van der Waals surface area contributed by atoms with Crippen molar-refractivity contribution in [3.8, 4) is 0 Å². The first-order valence-electron chi connectivity index (χ1n) is 6.42. The topological polar surface area (TPSA) is 75.3 Å². The second-order valence-electron chi connectivity index (χ2n) is 4.79. The van der Waals surface area contributed by atoms with E-state index in [4.69, 9.17) is 5.73 Å². The highest BCUT2D eigenvalue weighted by Crippen LogP contribution is 2.24. The van der Waals surface area contributed by atoms with E-state index < -0.39 is 11.7 Å². The van der Waals surface area contributed by atoms with E-state index in [0.717, 1.165) is 12.8 Å². The lowest BCUT2D eigenvalue weighted by molar-refractivity contribution is 0.0847. The maximum Gasteiger partial charge on any atom is 0.254 e. The lowest BCUT2D eigenvalue weighted by Gasteiger charge is -2.29. The zero-order valence-corrected chi connectivity index (χ0v) is 11.4. The molecule has 4 N–H and O–H groups in total. The summed E-state index contributed by atoms with van der Waals surface area (Å²) in [5.74, 6) is -1.11. The number of nitrogens with two attached hydrogens (primary N) is 1. The molecule has 1 amide bonds. The van der Waals surface area contributed by atoms with E-state index in [2.05, 4.69) is 5.32 Å². The van der Waals surface area contributed by atoms with Crippen LogP contribution in [0.1, 0.15) is 37.0 Å². The Morgan fingerprint density at radius 2 is 2.05 bits per heavy atom. The first-order chi connectivity index (χ1) is 8.98. The number of rotatable bonds is 6. The molecule has 0 saturated carbocycles. The molecule has 106 valence electrons. The predicted molar refractivity (Wildman–Crippen MR) is 73.2 cm³/mol. The summed E-state index contributed by atoms with van der Waals surface area (Å²) in [4.78, 5) is 11.9. The summed E-state index contributed by atoms with van der Waals surface area (Å²) in [5, 5.41) is 12.1. The second-order valence-corrected chi connectivity index (χ2v) is 4.79. The first kappa shape index (κ1) is 15.4. The van der Waals surface area contributed by atoms with E-state index in [1.54, 1.807) is 0 Å². The number of carbonyl (C=O) groups excluding carboxylic acids is 1. The highest BCUT2D eigenvalue weighted by atomic mass is 19.1. The number of carbonyl (C=O) groups is 1. The fraction of sp³-hybridized carbons (Fsp3) is 0.500. The van der Waals surface area contributed by atoms with E-state index >= 15 is 0 Å². The van der Waals surface area contributed by atoms with Gasteiger partial charge in [-0.1, -0.05) is 13.8 Å². The summed E-state index contributed by atoms with van der Waals surface area (Å²) in [6.07, 6.45) is 1.47. The maximum absolute atomic E-state index is 13.5. The van der Waals surface area contributed by atoms with Gasteiger partial charge in [-0.15, -0.1) is 0 Å². The minimum Gasteiger partial charge on any atom is -0.399 e. The molecule has 0 radical (unpaired) electrons. The van der Waals surface area contributed by atoms with Gasteiger partial charge >= 0.3 is 0 Å². The summed E-state index contributed by atoms with van der Waals surface area (Å²) >= 11 is 0. The van der Waals surface area contributed by atoms with Crippen molar-refractivity contribution in [1.29, 1.82) is 0 Å². The highest BCUT2D eigenvalue weighted by molar-refractivity contribution is 5.95. The van der Waals surface area contributed by atoms with Crippen LogP contribution in [0.4, 0.5) is 10.1 Å². The second kappa shape index (κ2) is 6.52. The van der Waals surface area contributed by atoms with E-state index in [0.29, 0.717) is 12.2 Å². The zero-order valence-electron chi connectivity index (χ0n) is 11.4. The third kappa shape index (κ3) is 3.67. The van der Waals surface area contributed by atoms with Gasteiger partial charge in [0.15, 0.2) is 0 Å². The number of amides is 1. The first-order valence-corrected chi connectivity index (χ1v) is 6.42. The van der Waals surface area contributed by atoms with Crippen LogP contribution in [-0.4, -0.2) is 24.2 Å². The minimum atomic E-state index is -0.603. The lowest BCUT2D eigenvalue weighted by atomic mass is 9.83. The number of anilines is 1. The van der Waals surface area contributed by atoms with Gasteiger partial charge in [0.25, 0.3) is 5.91 Å². The van der Waals surface area contributed by atoms with Gasteiger partial charge in [0.2, 0.25) is 0 Å². The molecule has 4 nitrogen and oxygen atoms in total. The molecular weight excluding hydrogens is 247 g/mol. The number of nitrogen functional groups attached to an aromatic ring is 1. The van der Waals surface area contributed by atoms with Crippen LogP contribution < -0.4 is 11.1 Å². The number of hydrogen-bond acceptors (Lipinski definition) is 3. The van der Waals surface area contributed by atoms with Gasteiger partial charge in [-0.25, -0.2) is 4.39 Å². The molecule has 0 bridgehead atoms. The van der Waals surface area contributed by atoms with Crippen molar-refractivity contribution >= 4 is 11.6 Å².